The van der Waals surface area contributed by atoms with Crippen LogP contribution in [0.2, 0.25) is 0 Å². The summed E-state index contributed by atoms with van der Waals surface area (Å²) in [6, 6.07) is 20.0. The van der Waals surface area contributed by atoms with Crippen LogP contribution >= 0.6 is 0 Å². The molecule has 3 aromatic carbocycles. The first-order chi connectivity index (χ1) is 13.0. The van der Waals surface area contributed by atoms with Crippen LogP contribution in [0.4, 0.5) is 5.69 Å². The Balaban J connectivity index is 1.74. The molecule has 136 valence electrons. The van der Waals surface area contributed by atoms with Gasteiger partial charge in [-0.05, 0) is 38.0 Å². The summed E-state index contributed by atoms with van der Waals surface area (Å²) in [6.45, 7) is 2.68. The third-order valence-electron chi connectivity index (χ3n) is 4.79. The zero-order chi connectivity index (χ0) is 19.0. The Morgan fingerprint density at radius 1 is 0.963 bits per heavy atom. The number of furan rings is 1. The van der Waals surface area contributed by atoms with E-state index in [1.807, 2.05) is 75.6 Å². The number of aryl methyl sites for hydroxylation is 1. The first-order valence-electron chi connectivity index (χ1n) is 8.99. The first-order valence-corrected chi connectivity index (χ1v) is 8.99. The van der Waals surface area contributed by atoms with Crippen LogP contribution < -0.4 is 5.32 Å². The standard InChI is InChI=1S/C23H22N2O2/c1-15-18-13-12-16-8-4-6-10-19(16)22(18)27-21(15)23(26)24-20-11-7-5-9-17(20)14-25(2)3/h4-13H,14H2,1-3H3,(H,24,26). The number of carbonyl (C=O) groups is 1. The average Bonchev–Trinajstić information content (AvgIpc) is 3.00. The maximum atomic E-state index is 13.0. The monoisotopic (exact) mass is 358 g/mol. The quantitative estimate of drug-likeness (QED) is 0.545. The molecule has 0 bridgehead atoms. The third kappa shape index (κ3) is 3.20. The van der Waals surface area contributed by atoms with E-state index in [0.717, 1.165) is 45.1 Å². The Labute approximate surface area is 158 Å². The van der Waals surface area contributed by atoms with Gasteiger partial charge in [-0.3, -0.25) is 4.79 Å². The molecule has 0 fully saturated rings. The van der Waals surface area contributed by atoms with E-state index in [0.29, 0.717) is 5.76 Å². The van der Waals surface area contributed by atoms with Crippen molar-refractivity contribution >= 4 is 33.3 Å². The second-order valence-electron chi connectivity index (χ2n) is 7.07. The Morgan fingerprint density at radius 2 is 1.70 bits per heavy atom. The summed E-state index contributed by atoms with van der Waals surface area (Å²) in [5.74, 6) is 0.139. The minimum absolute atomic E-state index is 0.223. The van der Waals surface area contributed by atoms with Crippen molar-refractivity contribution in [3.8, 4) is 0 Å². The molecule has 1 aromatic heterocycles. The van der Waals surface area contributed by atoms with Gasteiger partial charge in [0.2, 0.25) is 0 Å². The van der Waals surface area contributed by atoms with Crippen molar-refractivity contribution in [2.24, 2.45) is 0 Å². The van der Waals surface area contributed by atoms with Crippen molar-refractivity contribution in [3.63, 3.8) is 0 Å². The molecule has 0 spiro atoms. The van der Waals surface area contributed by atoms with Crippen LogP contribution in [0.3, 0.4) is 0 Å². The summed E-state index contributed by atoms with van der Waals surface area (Å²) in [6.07, 6.45) is 0. The van der Waals surface area contributed by atoms with Crippen LogP contribution in [0.15, 0.2) is 65.1 Å². The fourth-order valence-electron chi connectivity index (χ4n) is 3.47. The molecule has 1 N–H and O–H groups in total. The SMILES string of the molecule is Cc1c(C(=O)Nc2ccccc2CN(C)C)oc2c1ccc1ccccc12. The molecule has 4 aromatic rings. The summed E-state index contributed by atoms with van der Waals surface area (Å²) in [5.41, 5.74) is 3.49. The fourth-order valence-corrected chi connectivity index (χ4v) is 3.47. The average molecular weight is 358 g/mol. The van der Waals surface area contributed by atoms with E-state index in [1.165, 1.54) is 0 Å². The van der Waals surface area contributed by atoms with Gasteiger partial charge in [-0.15, -0.1) is 0 Å². The van der Waals surface area contributed by atoms with E-state index in [9.17, 15) is 4.79 Å². The fraction of sp³-hybridized carbons (Fsp3) is 0.174. The van der Waals surface area contributed by atoms with Crippen molar-refractivity contribution in [1.82, 2.24) is 4.90 Å². The summed E-state index contributed by atoms with van der Waals surface area (Å²) < 4.78 is 6.04. The van der Waals surface area contributed by atoms with Gasteiger partial charge in [0.05, 0.1) is 0 Å². The summed E-state index contributed by atoms with van der Waals surface area (Å²) in [4.78, 5) is 15.0. The van der Waals surface area contributed by atoms with Crippen LogP contribution in [0.25, 0.3) is 21.7 Å². The molecule has 0 radical (unpaired) electrons. The van der Waals surface area contributed by atoms with E-state index < -0.39 is 0 Å². The molecule has 4 nitrogen and oxygen atoms in total. The van der Waals surface area contributed by atoms with Gasteiger partial charge < -0.3 is 14.6 Å². The summed E-state index contributed by atoms with van der Waals surface area (Å²) in [5, 5.41) is 6.11. The zero-order valence-electron chi connectivity index (χ0n) is 15.7. The van der Waals surface area contributed by atoms with Gasteiger partial charge in [0.15, 0.2) is 5.76 Å². The molecule has 1 heterocycles. The normalized spacial score (nSPS) is 11.4. The van der Waals surface area contributed by atoms with Crippen LogP contribution in [0.1, 0.15) is 21.7 Å². The van der Waals surface area contributed by atoms with E-state index in [4.69, 9.17) is 4.42 Å². The molecule has 0 saturated carbocycles. The molecule has 0 aliphatic rings. The third-order valence-corrected chi connectivity index (χ3v) is 4.79. The number of rotatable bonds is 4. The number of nitrogens with zero attached hydrogens (tertiary/aromatic N) is 1. The molecule has 0 aliphatic heterocycles. The lowest BCUT2D eigenvalue weighted by Gasteiger charge is -2.14. The molecule has 0 unspecified atom stereocenters. The van der Waals surface area contributed by atoms with E-state index in [-0.39, 0.29) is 5.91 Å². The Hall–Kier alpha value is -3.11. The molecule has 27 heavy (non-hydrogen) atoms. The predicted molar refractivity (Wildman–Crippen MR) is 110 cm³/mol. The maximum Gasteiger partial charge on any atom is 0.291 e. The van der Waals surface area contributed by atoms with Gasteiger partial charge in [0.25, 0.3) is 5.91 Å². The Kier molecular flexibility index (Phi) is 4.42. The Bertz CT molecular complexity index is 1140. The second-order valence-corrected chi connectivity index (χ2v) is 7.07. The van der Waals surface area contributed by atoms with Crippen LogP contribution in [-0.2, 0) is 6.54 Å². The molecule has 0 aliphatic carbocycles. The number of hydrogen-bond acceptors (Lipinski definition) is 3. The minimum atomic E-state index is -0.223. The van der Waals surface area contributed by atoms with Gasteiger partial charge in [-0.2, -0.15) is 0 Å². The topological polar surface area (TPSA) is 45.5 Å². The molecular formula is C23H22N2O2. The highest BCUT2D eigenvalue weighted by atomic mass is 16.3. The van der Waals surface area contributed by atoms with Gasteiger partial charge in [-0.1, -0.05) is 54.6 Å². The van der Waals surface area contributed by atoms with Gasteiger partial charge >= 0.3 is 0 Å². The number of carbonyl (C=O) groups excluding carboxylic acids is 1. The van der Waals surface area contributed by atoms with Crippen molar-refractivity contribution in [1.29, 1.82) is 0 Å². The number of fused-ring (bicyclic) bond motifs is 3. The number of anilines is 1. The molecule has 1 amide bonds. The number of amides is 1. The number of benzene rings is 3. The molecular weight excluding hydrogens is 336 g/mol. The number of para-hydroxylation sites is 1. The zero-order valence-corrected chi connectivity index (χ0v) is 15.7. The van der Waals surface area contributed by atoms with Gasteiger partial charge in [0.1, 0.15) is 5.58 Å². The highest BCUT2D eigenvalue weighted by Crippen LogP contribution is 2.32. The maximum absolute atomic E-state index is 13.0. The lowest BCUT2D eigenvalue weighted by Crippen LogP contribution is -2.16. The largest absolute Gasteiger partial charge is 0.450 e. The van der Waals surface area contributed by atoms with Gasteiger partial charge in [0, 0.05) is 28.6 Å². The highest BCUT2D eigenvalue weighted by molar-refractivity contribution is 6.11. The summed E-state index contributed by atoms with van der Waals surface area (Å²) >= 11 is 0. The van der Waals surface area contributed by atoms with Crippen LogP contribution in [0.5, 0.6) is 0 Å². The smallest absolute Gasteiger partial charge is 0.291 e. The molecule has 0 saturated heterocycles. The van der Waals surface area contributed by atoms with Crippen LogP contribution in [0, 0.1) is 6.92 Å². The molecule has 0 atom stereocenters. The summed E-state index contributed by atoms with van der Waals surface area (Å²) in [7, 11) is 4.01. The highest BCUT2D eigenvalue weighted by Gasteiger charge is 2.20. The molecule has 4 heteroatoms. The van der Waals surface area contributed by atoms with Crippen LogP contribution in [-0.4, -0.2) is 24.9 Å². The molecule has 4 rings (SSSR count). The van der Waals surface area contributed by atoms with E-state index in [1.54, 1.807) is 0 Å². The van der Waals surface area contributed by atoms with Gasteiger partial charge in [-0.25, -0.2) is 0 Å². The van der Waals surface area contributed by atoms with Crippen molar-refractivity contribution in [2.45, 2.75) is 13.5 Å². The minimum Gasteiger partial charge on any atom is -0.450 e. The van der Waals surface area contributed by atoms with E-state index in [2.05, 4.69) is 16.3 Å². The lowest BCUT2D eigenvalue weighted by molar-refractivity contribution is 0.0998. The number of hydrogen-bond donors (Lipinski definition) is 1. The number of nitrogens with one attached hydrogen (secondary N) is 1. The van der Waals surface area contributed by atoms with E-state index >= 15 is 0 Å². The Morgan fingerprint density at radius 3 is 2.52 bits per heavy atom. The predicted octanol–water partition coefficient (Wildman–Crippen LogP) is 5.21. The second kappa shape index (κ2) is 6.89. The first kappa shape index (κ1) is 17.3. The van der Waals surface area contributed by atoms with Crippen molar-refractivity contribution in [2.75, 3.05) is 19.4 Å². The van der Waals surface area contributed by atoms with Crippen molar-refractivity contribution in [3.05, 3.63) is 77.6 Å². The van der Waals surface area contributed by atoms with Crippen molar-refractivity contribution < 1.29 is 9.21 Å². The lowest BCUT2D eigenvalue weighted by atomic mass is 10.1.